The molecule has 1 aliphatic carbocycles. The Morgan fingerprint density at radius 1 is 1.28 bits per heavy atom. The fraction of sp³-hybridized carbons (Fsp3) is 0.692. The van der Waals surface area contributed by atoms with Crippen molar-refractivity contribution in [3.8, 4) is 11.8 Å². The molecule has 18 heavy (non-hydrogen) atoms. The van der Waals surface area contributed by atoms with Crippen LogP contribution in [0.3, 0.4) is 0 Å². The van der Waals surface area contributed by atoms with Gasteiger partial charge >= 0.3 is 0 Å². The van der Waals surface area contributed by atoms with Gasteiger partial charge in [0.15, 0.2) is 0 Å². The van der Waals surface area contributed by atoms with Gasteiger partial charge in [0.05, 0.1) is 17.7 Å². The van der Waals surface area contributed by atoms with Crippen LogP contribution in [0.25, 0.3) is 0 Å². The van der Waals surface area contributed by atoms with Gasteiger partial charge in [0.2, 0.25) is 11.8 Å². The molecule has 0 amide bonds. The summed E-state index contributed by atoms with van der Waals surface area (Å²) in [4.78, 5) is 8.10. The summed E-state index contributed by atoms with van der Waals surface area (Å²) >= 11 is 0. The molecule has 2 rings (SSSR count). The number of ether oxygens (including phenoxy) is 2. The lowest BCUT2D eigenvalue weighted by atomic mass is 10.0. The minimum Gasteiger partial charge on any atom is -0.476 e. The normalized spacial score (nSPS) is 18.0. The van der Waals surface area contributed by atoms with Crippen molar-refractivity contribution in [3.63, 3.8) is 0 Å². The van der Waals surface area contributed by atoms with Crippen molar-refractivity contribution in [1.82, 2.24) is 9.97 Å². The van der Waals surface area contributed by atoms with Gasteiger partial charge in [-0.2, -0.15) is 0 Å². The molecule has 1 aliphatic rings. The molecule has 0 bridgehead atoms. The van der Waals surface area contributed by atoms with Gasteiger partial charge in [0.1, 0.15) is 12.9 Å². The third-order valence-electron chi connectivity index (χ3n) is 3.08. The molecule has 5 nitrogen and oxygen atoms in total. The summed E-state index contributed by atoms with van der Waals surface area (Å²) in [5, 5.41) is 0. The second-order valence-electron chi connectivity index (χ2n) is 5.22. The Labute approximate surface area is 108 Å². The summed E-state index contributed by atoms with van der Waals surface area (Å²) < 4.78 is 11.1. The maximum atomic E-state index is 6.23. The van der Waals surface area contributed by atoms with Crippen LogP contribution in [0.2, 0.25) is 0 Å². The molecular formula is C13H21N3O2. The second kappa shape index (κ2) is 5.52. The predicted molar refractivity (Wildman–Crippen MR) is 68.7 cm³/mol. The largest absolute Gasteiger partial charge is 0.476 e. The van der Waals surface area contributed by atoms with Crippen LogP contribution in [0, 0.1) is 0 Å². The Balaban J connectivity index is 1.92. The first-order chi connectivity index (χ1) is 8.57. The topological polar surface area (TPSA) is 70.3 Å². The maximum absolute atomic E-state index is 6.23. The van der Waals surface area contributed by atoms with E-state index in [1.54, 1.807) is 6.07 Å². The van der Waals surface area contributed by atoms with Crippen LogP contribution in [0.5, 0.6) is 11.8 Å². The van der Waals surface area contributed by atoms with Crippen LogP contribution < -0.4 is 15.2 Å². The van der Waals surface area contributed by atoms with Gasteiger partial charge in [-0.15, -0.1) is 0 Å². The lowest BCUT2D eigenvalue weighted by Gasteiger charge is -2.23. The molecule has 2 N–H and O–H groups in total. The minimum atomic E-state index is -0.190. The lowest BCUT2D eigenvalue weighted by molar-refractivity contribution is 0.206. The van der Waals surface area contributed by atoms with Crippen LogP contribution >= 0.6 is 0 Å². The van der Waals surface area contributed by atoms with Crippen molar-refractivity contribution < 1.29 is 9.47 Å². The summed E-state index contributed by atoms with van der Waals surface area (Å²) in [6.07, 6.45) is 5.95. The smallest absolute Gasteiger partial charge is 0.220 e. The second-order valence-corrected chi connectivity index (χ2v) is 5.22. The Hall–Kier alpha value is -1.36. The molecule has 0 radical (unpaired) electrons. The van der Waals surface area contributed by atoms with E-state index in [-0.39, 0.29) is 11.6 Å². The van der Waals surface area contributed by atoms with Crippen molar-refractivity contribution in [1.29, 1.82) is 0 Å². The molecule has 0 aromatic carbocycles. The van der Waals surface area contributed by atoms with E-state index in [0.29, 0.717) is 18.4 Å². The lowest BCUT2D eigenvalue weighted by Crippen LogP contribution is -2.42. The Morgan fingerprint density at radius 3 is 2.61 bits per heavy atom. The molecular weight excluding hydrogens is 230 g/mol. The fourth-order valence-corrected chi connectivity index (χ4v) is 2.15. The first-order valence-electron chi connectivity index (χ1n) is 6.48. The van der Waals surface area contributed by atoms with Crippen LogP contribution in [0.4, 0.5) is 0 Å². The maximum Gasteiger partial charge on any atom is 0.220 e. The van der Waals surface area contributed by atoms with E-state index >= 15 is 0 Å². The standard InChI is InChI=1S/C13H21N3O2/c1-10(2)18-12-7-11(15-9-16-12)17-8-13(14)5-3-4-6-13/h7,9-10H,3-6,8,14H2,1-2H3. The van der Waals surface area contributed by atoms with Crippen molar-refractivity contribution in [2.45, 2.75) is 51.2 Å². The molecule has 100 valence electrons. The number of nitrogens with two attached hydrogens (primary N) is 1. The van der Waals surface area contributed by atoms with Crippen molar-refractivity contribution >= 4 is 0 Å². The molecule has 1 aromatic rings. The predicted octanol–water partition coefficient (Wildman–Crippen LogP) is 1.91. The van der Waals surface area contributed by atoms with Gasteiger partial charge in [-0.1, -0.05) is 12.8 Å². The van der Waals surface area contributed by atoms with Crippen molar-refractivity contribution in [3.05, 3.63) is 12.4 Å². The molecule has 0 spiro atoms. The van der Waals surface area contributed by atoms with E-state index < -0.39 is 0 Å². The van der Waals surface area contributed by atoms with Gasteiger partial charge < -0.3 is 15.2 Å². The summed E-state index contributed by atoms with van der Waals surface area (Å²) in [6.45, 7) is 4.41. The first kappa shape index (κ1) is 13.1. The van der Waals surface area contributed by atoms with Crippen LogP contribution in [-0.4, -0.2) is 28.2 Å². The SMILES string of the molecule is CC(C)Oc1cc(OCC2(N)CCCC2)ncn1. The zero-order chi connectivity index (χ0) is 13.0. The third-order valence-corrected chi connectivity index (χ3v) is 3.08. The molecule has 0 saturated heterocycles. The zero-order valence-electron chi connectivity index (χ0n) is 11.1. The number of rotatable bonds is 5. The van der Waals surface area contributed by atoms with Gasteiger partial charge in [0, 0.05) is 0 Å². The summed E-state index contributed by atoms with van der Waals surface area (Å²) in [5.41, 5.74) is 6.04. The highest BCUT2D eigenvalue weighted by Crippen LogP contribution is 2.27. The molecule has 1 aromatic heterocycles. The van der Waals surface area contributed by atoms with Crippen LogP contribution in [0.1, 0.15) is 39.5 Å². The summed E-state index contributed by atoms with van der Waals surface area (Å²) in [6, 6.07) is 1.71. The Morgan fingerprint density at radius 2 is 1.94 bits per heavy atom. The summed E-state index contributed by atoms with van der Waals surface area (Å²) in [5.74, 6) is 1.06. The van der Waals surface area contributed by atoms with E-state index in [1.807, 2.05) is 13.8 Å². The summed E-state index contributed by atoms with van der Waals surface area (Å²) in [7, 11) is 0. The number of hydrogen-bond acceptors (Lipinski definition) is 5. The Kier molecular flexibility index (Phi) is 4.01. The Bertz CT molecular complexity index is 390. The molecule has 5 heteroatoms. The van der Waals surface area contributed by atoms with Gasteiger partial charge in [-0.3, -0.25) is 0 Å². The molecule has 0 atom stereocenters. The minimum absolute atomic E-state index is 0.0865. The quantitative estimate of drug-likeness (QED) is 0.865. The fourth-order valence-electron chi connectivity index (χ4n) is 2.15. The van der Waals surface area contributed by atoms with E-state index in [9.17, 15) is 0 Å². The van der Waals surface area contributed by atoms with Crippen LogP contribution in [-0.2, 0) is 0 Å². The molecule has 0 unspecified atom stereocenters. The van der Waals surface area contributed by atoms with E-state index in [0.717, 1.165) is 12.8 Å². The molecule has 1 saturated carbocycles. The number of aromatic nitrogens is 2. The van der Waals surface area contributed by atoms with E-state index in [2.05, 4.69) is 9.97 Å². The van der Waals surface area contributed by atoms with Crippen LogP contribution in [0.15, 0.2) is 12.4 Å². The first-order valence-corrected chi connectivity index (χ1v) is 6.48. The van der Waals surface area contributed by atoms with Gasteiger partial charge in [0.25, 0.3) is 0 Å². The van der Waals surface area contributed by atoms with E-state index in [4.69, 9.17) is 15.2 Å². The average Bonchev–Trinajstić information content (AvgIpc) is 2.74. The molecule has 0 aliphatic heterocycles. The monoisotopic (exact) mass is 251 g/mol. The molecule has 1 fully saturated rings. The zero-order valence-corrected chi connectivity index (χ0v) is 11.1. The van der Waals surface area contributed by atoms with Crippen molar-refractivity contribution in [2.24, 2.45) is 5.73 Å². The number of hydrogen-bond donors (Lipinski definition) is 1. The van der Waals surface area contributed by atoms with E-state index in [1.165, 1.54) is 19.2 Å². The van der Waals surface area contributed by atoms with Gasteiger partial charge in [-0.25, -0.2) is 9.97 Å². The molecule has 1 heterocycles. The average molecular weight is 251 g/mol. The highest BCUT2D eigenvalue weighted by atomic mass is 16.5. The van der Waals surface area contributed by atoms with Crippen molar-refractivity contribution in [2.75, 3.05) is 6.61 Å². The van der Waals surface area contributed by atoms with Gasteiger partial charge in [-0.05, 0) is 26.7 Å². The number of nitrogens with zero attached hydrogens (tertiary/aromatic N) is 2. The highest BCUT2D eigenvalue weighted by Gasteiger charge is 2.30. The highest BCUT2D eigenvalue weighted by molar-refractivity contribution is 5.18. The third kappa shape index (κ3) is 3.57.